The summed E-state index contributed by atoms with van der Waals surface area (Å²) in [6, 6.07) is 18.2. The number of carbonyl (C=O) groups is 2. The van der Waals surface area contributed by atoms with E-state index in [0.29, 0.717) is 20.5 Å². The van der Waals surface area contributed by atoms with Gasteiger partial charge in [-0.05, 0) is 42.8 Å². The van der Waals surface area contributed by atoms with Crippen molar-refractivity contribution in [2.24, 2.45) is 0 Å². The number of halogens is 1. The summed E-state index contributed by atoms with van der Waals surface area (Å²) in [6.45, 7) is 2.07. The Balaban J connectivity index is 1.62. The molecule has 3 rings (SSSR count). The Morgan fingerprint density at radius 1 is 1.04 bits per heavy atom. The molecule has 0 fully saturated rings. The van der Waals surface area contributed by atoms with Crippen LogP contribution in [0.4, 0.5) is 5.00 Å². The number of nitrogens with one attached hydrogen (secondary N) is 2. The molecular weight excluding hydrogens is 392 g/mol. The van der Waals surface area contributed by atoms with Gasteiger partial charge in [0.25, 0.3) is 11.8 Å². The van der Waals surface area contributed by atoms with E-state index in [1.807, 2.05) is 37.3 Å². The van der Waals surface area contributed by atoms with Gasteiger partial charge in [-0.2, -0.15) is 0 Å². The smallest absolute Gasteiger partial charge is 0.262 e. The van der Waals surface area contributed by atoms with Crippen LogP contribution < -0.4 is 10.6 Å². The average molecular weight is 409 g/mol. The maximum Gasteiger partial charge on any atom is 0.262 e. The number of carbonyl (C=O) groups excluding carboxylic acids is 2. The number of benzene rings is 2. The van der Waals surface area contributed by atoms with Gasteiger partial charge in [0.2, 0.25) is 0 Å². The van der Waals surface area contributed by atoms with E-state index in [0.717, 1.165) is 11.1 Å². The lowest BCUT2D eigenvalue weighted by atomic mass is 10.2. The molecule has 0 aliphatic rings. The minimum Gasteiger partial charge on any atom is -0.340 e. The average Bonchev–Trinajstić information content (AvgIpc) is 3.06. The highest BCUT2D eigenvalue weighted by Crippen LogP contribution is 2.27. The highest BCUT2D eigenvalue weighted by Gasteiger charge is 2.16. The second-order valence-electron chi connectivity index (χ2n) is 5.91. The van der Waals surface area contributed by atoms with Gasteiger partial charge in [0.1, 0.15) is 0 Å². The number of aryl methyl sites for hydroxylation is 1. The number of hydrogen-bond acceptors (Lipinski definition) is 3. The third-order valence-corrected chi connectivity index (χ3v) is 5.30. The number of rotatable bonds is 4. The van der Waals surface area contributed by atoms with Gasteiger partial charge in [-0.15, -0.1) is 11.3 Å². The molecule has 0 aliphatic heterocycles. The SMILES string of the molecule is Cc1cc(NC(=O)c2ccccc2Cl)sc1C(=O)NCC#Cc1ccccc1. The van der Waals surface area contributed by atoms with Gasteiger partial charge in [0.05, 0.1) is 27.0 Å². The summed E-state index contributed by atoms with van der Waals surface area (Å²) in [5, 5.41) is 6.54. The van der Waals surface area contributed by atoms with Crippen LogP contribution in [0.2, 0.25) is 5.02 Å². The first kappa shape index (κ1) is 19.7. The molecule has 0 saturated carbocycles. The predicted molar refractivity (Wildman–Crippen MR) is 114 cm³/mol. The van der Waals surface area contributed by atoms with Crippen molar-refractivity contribution in [3.8, 4) is 11.8 Å². The van der Waals surface area contributed by atoms with Gasteiger partial charge < -0.3 is 10.6 Å². The molecule has 28 heavy (non-hydrogen) atoms. The Morgan fingerprint density at radius 2 is 1.75 bits per heavy atom. The first-order valence-electron chi connectivity index (χ1n) is 8.53. The fraction of sp³-hybridized carbons (Fsp3) is 0.0909. The monoisotopic (exact) mass is 408 g/mol. The minimum atomic E-state index is -0.312. The second kappa shape index (κ2) is 9.23. The van der Waals surface area contributed by atoms with Gasteiger partial charge in [-0.3, -0.25) is 9.59 Å². The van der Waals surface area contributed by atoms with Crippen LogP contribution in [0.1, 0.15) is 31.2 Å². The molecule has 0 bridgehead atoms. The van der Waals surface area contributed by atoms with E-state index in [1.165, 1.54) is 11.3 Å². The van der Waals surface area contributed by atoms with E-state index >= 15 is 0 Å². The Kier molecular flexibility index (Phi) is 6.49. The van der Waals surface area contributed by atoms with Crippen molar-refractivity contribution in [1.29, 1.82) is 0 Å². The zero-order valence-electron chi connectivity index (χ0n) is 15.1. The molecule has 2 amide bonds. The highest BCUT2D eigenvalue weighted by molar-refractivity contribution is 7.18. The summed E-state index contributed by atoms with van der Waals surface area (Å²) in [7, 11) is 0. The first-order chi connectivity index (χ1) is 13.5. The van der Waals surface area contributed by atoms with Crippen molar-refractivity contribution >= 4 is 39.8 Å². The molecule has 2 aromatic carbocycles. The van der Waals surface area contributed by atoms with Gasteiger partial charge in [0, 0.05) is 5.56 Å². The summed E-state index contributed by atoms with van der Waals surface area (Å²) < 4.78 is 0. The fourth-order valence-corrected chi connectivity index (χ4v) is 3.67. The van der Waals surface area contributed by atoms with E-state index in [1.54, 1.807) is 30.3 Å². The molecule has 0 aliphatic carbocycles. The molecule has 1 heterocycles. The largest absolute Gasteiger partial charge is 0.340 e. The lowest BCUT2D eigenvalue weighted by Gasteiger charge is -2.04. The number of anilines is 1. The van der Waals surface area contributed by atoms with Crippen molar-refractivity contribution in [3.63, 3.8) is 0 Å². The molecule has 2 N–H and O–H groups in total. The van der Waals surface area contributed by atoms with Crippen LogP contribution in [0.3, 0.4) is 0 Å². The van der Waals surface area contributed by atoms with Crippen molar-refractivity contribution in [2.45, 2.75) is 6.92 Å². The normalized spacial score (nSPS) is 9.93. The summed E-state index contributed by atoms with van der Waals surface area (Å²) in [6.07, 6.45) is 0. The zero-order chi connectivity index (χ0) is 19.9. The maximum atomic E-state index is 12.4. The molecule has 0 spiro atoms. The maximum absolute atomic E-state index is 12.4. The third kappa shape index (κ3) is 5.01. The standard InChI is InChI=1S/C22H17ClN2O2S/c1-15-14-19(25-21(26)17-11-5-6-12-18(17)23)28-20(15)22(27)24-13-7-10-16-8-3-2-4-9-16/h2-6,8-9,11-12,14H,13H2,1H3,(H,24,27)(H,25,26). The van der Waals surface area contributed by atoms with Gasteiger partial charge in [0.15, 0.2) is 0 Å². The Hall–Kier alpha value is -3.07. The second-order valence-corrected chi connectivity index (χ2v) is 7.37. The topological polar surface area (TPSA) is 58.2 Å². The Bertz CT molecular complexity index is 1060. The number of hydrogen-bond donors (Lipinski definition) is 2. The van der Waals surface area contributed by atoms with E-state index < -0.39 is 0 Å². The van der Waals surface area contributed by atoms with Gasteiger partial charge in [-0.1, -0.05) is 53.8 Å². The summed E-state index contributed by atoms with van der Waals surface area (Å²) in [4.78, 5) is 25.3. The molecule has 1 aromatic heterocycles. The first-order valence-corrected chi connectivity index (χ1v) is 9.72. The van der Waals surface area contributed by atoms with Crippen molar-refractivity contribution < 1.29 is 9.59 Å². The zero-order valence-corrected chi connectivity index (χ0v) is 16.7. The van der Waals surface area contributed by atoms with E-state index in [9.17, 15) is 9.59 Å². The summed E-state index contributed by atoms with van der Waals surface area (Å²) >= 11 is 7.27. The van der Waals surface area contributed by atoms with E-state index in [4.69, 9.17) is 11.6 Å². The molecule has 140 valence electrons. The molecular formula is C22H17ClN2O2S. The number of thiophene rings is 1. The van der Waals surface area contributed by atoms with Crippen LogP contribution in [-0.2, 0) is 0 Å². The lowest BCUT2D eigenvalue weighted by Crippen LogP contribution is -2.23. The minimum absolute atomic E-state index is 0.219. The highest BCUT2D eigenvalue weighted by atomic mass is 35.5. The Labute approximate surface area is 172 Å². The lowest BCUT2D eigenvalue weighted by molar-refractivity contribution is 0.0961. The van der Waals surface area contributed by atoms with Gasteiger partial charge in [-0.25, -0.2) is 0 Å². The van der Waals surface area contributed by atoms with Crippen LogP contribution in [0.5, 0.6) is 0 Å². The van der Waals surface area contributed by atoms with Crippen LogP contribution in [0, 0.1) is 18.8 Å². The molecule has 3 aromatic rings. The molecule has 0 saturated heterocycles. The van der Waals surface area contributed by atoms with Crippen molar-refractivity contribution in [2.75, 3.05) is 11.9 Å². The van der Waals surface area contributed by atoms with Crippen molar-refractivity contribution in [3.05, 3.63) is 87.3 Å². The molecule has 4 nitrogen and oxygen atoms in total. The summed E-state index contributed by atoms with van der Waals surface area (Å²) in [5.41, 5.74) is 2.07. The van der Waals surface area contributed by atoms with Crippen LogP contribution in [0.15, 0.2) is 60.7 Å². The quantitative estimate of drug-likeness (QED) is 0.612. The molecule has 0 radical (unpaired) electrons. The van der Waals surface area contributed by atoms with Crippen LogP contribution in [0.25, 0.3) is 0 Å². The predicted octanol–water partition coefficient (Wildman–Crippen LogP) is 4.74. The van der Waals surface area contributed by atoms with E-state index in [-0.39, 0.29) is 18.4 Å². The van der Waals surface area contributed by atoms with E-state index in [2.05, 4.69) is 22.5 Å². The molecule has 6 heteroatoms. The third-order valence-electron chi connectivity index (χ3n) is 3.82. The number of amides is 2. The van der Waals surface area contributed by atoms with Gasteiger partial charge >= 0.3 is 0 Å². The fourth-order valence-electron chi connectivity index (χ4n) is 2.47. The summed E-state index contributed by atoms with van der Waals surface area (Å²) in [5.74, 6) is 5.39. The van der Waals surface area contributed by atoms with Crippen molar-refractivity contribution in [1.82, 2.24) is 5.32 Å². The molecule has 0 unspecified atom stereocenters. The van der Waals surface area contributed by atoms with Crippen LogP contribution in [-0.4, -0.2) is 18.4 Å². The van der Waals surface area contributed by atoms with Crippen LogP contribution >= 0.6 is 22.9 Å². The molecule has 0 atom stereocenters. The Morgan fingerprint density at radius 3 is 2.50 bits per heavy atom.